The molecule has 0 saturated heterocycles. The average molecular weight is 474 g/mol. The number of aryl methyl sites for hydroxylation is 2. The summed E-state index contributed by atoms with van der Waals surface area (Å²) in [6.07, 6.45) is 0. The van der Waals surface area contributed by atoms with E-state index in [0.29, 0.717) is 27.5 Å². The van der Waals surface area contributed by atoms with Crippen LogP contribution in [0.5, 0.6) is 0 Å². The summed E-state index contributed by atoms with van der Waals surface area (Å²) >= 11 is 1.38. The quantitative estimate of drug-likeness (QED) is 0.282. The van der Waals surface area contributed by atoms with Gasteiger partial charge in [0, 0.05) is 18.4 Å². The molecule has 0 bridgehead atoms. The van der Waals surface area contributed by atoms with Gasteiger partial charge in [0.05, 0.1) is 28.0 Å². The number of benzene rings is 2. The Morgan fingerprint density at radius 1 is 0.941 bits per heavy atom. The standard InChI is InChI=1S/C25H23N5O3S/c1-15-20(17(3)33-27-15)14-34-25-26-21-13-9-8-12-19(21)23(31)29(25)22-16(2)28(4)30(24(22)32)18-10-6-5-7-11-18/h5-13H,14H2,1-4H3. The van der Waals surface area contributed by atoms with Crippen LogP contribution in [0.1, 0.15) is 22.7 Å². The van der Waals surface area contributed by atoms with Crippen molar-refractivity contribution in [1.82, 2.24) is 24.1 Å². The molecule has 0 N–H and O–H groups in total. The Morgan fingerprint density at radius 3 is 2.35 bits per heavy atom. The summed E-state index contributed by atoms with van der Waals surface area (Å²) in [6, 6.07) is 16.5. The van der Waals surface area contributed by atoms with Gasteiger partial charge in [-0.1, -0.05) is 47.3 Å². The lowest BCUT2D eigenvalue weighted by Gasteiger charge is -2.12. The Kier molecular flexibility index (Phi) is 5.49. The third-order valence-electron chi connectivity index (χ3n) is 6.02. The summed E-state index contributed by atoms with van der Waals surface area (Å²) < 4.78 is 10.1. The van der Waals surface area contributed by atoms with Gasteiger partial charge in [-0.15, -0.1) is 0 Å². The Bertz CT molecular complexity index is 1620. The maximum Gasteiger partial charge on any atom is 0.296 e. The van der Waals surface area contributed by atoms with Crippen molar-refractivity contribution in [3.8, 4) is 11.4 Å². The van der Waals surface area contributed by atoms with Gasteiger partial charge in [-0.3, -0.25) is 14.3 Å². The van der Waals surface area contributed by atoms with Crippen molar-refractivity contribution in [2.45, 2.75) is 31.7 Å². The van der Waals surface area contributed by atoms with Gasteiger partial charge >= 0.3 is 0 Å². The third kappa shape index (κ3) is 3.49. The number of nitrogens with zero attached hydrogens (tertiary/aromatic N) is 5. The highest BCUT2D eigenvalue weighted by atomic mass is 32.2. The molecule has 3 heterocycles. The van der Waals surface area contributed by atoms with E-state index in [1.165, 1.54) is 16.3 Å². The van der Waals surface area contributed by atoms with Crippen molar-refractivity contribution in [3.63, 3.8) is 0 Å². The van der Waals surface area contributed by atoms with E-state index >= 15 is 0 Å². The smallest absolute Gasteiger partial charge is 0.296 e. The second kappa shape index (κ2) is 8.49. The van der Waals surface area contributed by atoms with Gasteiger partial charge in [0.15, 0.2) is 5.16 Å². The maximum absolute atomic E-state index is 13.7. The van der Waals surface area contributed by atoms with E-state index in [1.54, 1.807) is 27.6 Å². The van der Waals surface area contributed by atoms with Crippen LogP contribution in [-0.4, -0.2) is 24.1 Å². The molecule has 0 aliphatic heterocycles. The molecule has 0 aliphatic rings. The molecule has 5 rings (SSSR count). The number of aromatic nitrogens is 5. The van der Waals surface area contributed by atoms with E-state index < -0.39 is 0 Å². The lowest BCUT2D eigenvalue weighted by atomic mass is 10.2. The fraction of sp³-hybridized carbons (Fsp3) is 0.200. The molecule has 0 spiro atoms. The Labute approximate surface area is 199 Å². The van der Waals surface area contributed by atoms with E-state index in [9.17, 15) is 9.59 Å². The summed E-state index contributed by atoms with van der Waals surface area (Å²) in [5, 5.41) is 4.92. The van der Waals surface area contributed by atoms with Crippen LogP contribution in [0.25, 0.3) is 22.3 Å². The lowest BCUT2D eigenvalue weighted by Crippen LogP contribution is -2.28. The molecule has 5 aromatic rings. The van der Waals surface area contributed by atoms with E-state index in [4.69, 9.17) is 9.51 Å². The van der Waals surface area contributed by atoms with Crippen molar-refractivity contribution in [2.24, 2.45) is 7.05 Å². The Morgan fingerprint density at radius 2 is 1.65 bits per heavy atom. The van der Waals surface area contributed by atoms with Crippen molar-refractivity contribution in [3.05, 3.63) is 98.0 Å². The Hall–Kier alpha value is -3.85. The van der Waals surface area contributed by atoms with Crippen molar-refractivity contribution >= 4 is 22.7 Å². The number of hydrogen-bond donors (Lipinski definition) is 0. The van der Waals surface area contributed by atoms with E-state index in [0.717, 1.165) is 22.7 Å². The molecule has 0 aliphatic carbocycles. The molecule has 0 amide bonds. The van der Waals surface area contributed by atoms with Crippen LogP contribution in [0, 0.1) is 20.8 Å². The normalized spacial score (nSPS) is 11.4. The van der Waals surface area contributed by atoms with Crippen molar-refractivity contribution in [2.75, 3.05) is 0 Å². The predicted molar refractivity (Wildman–Crippen MR) is 132 cm³/mol. The van der Waals surface area contributed by atoms with Crippen LogP contribution in [0.4, 0.5) is 0 Å². The average Bonchev–Trinajstić information content (AvgIpc) is 3.27. The van der Waals surface area contributed by atoms with Gasteiger partial charge in [-0.25, -0.2) is 14.2 Å². The molecule has 0 saturated carbocycles. The zero-order valence-corrected chi connectivity index (χ0v) is 20.1. The van der Waals surface area contributed by atoms with Crippen molar-refractivity contribution in [1.29, 1.82) is 0 Å². The van der Waals surface area contributed by atoms with Gasteiger partial charge in [0.2, 0.25) is 0 Å². The molecular formula is C25H23N5O3S. The second-order valence-corrected chi connectivity index (χ2v) is 9.00. The molecule has 34 heavy (non-hydrogen) atoms. The first kappa shape index (κ1) is 22.0. The highest BCUT2D eigenvalue weighted by molar-refractivity contribution is 7.98. The monoisotopic (exact) mass is 473 g/mol. The molecule has 0 radical (unpaired) electrons. The first-order valence-corrected chi connectivity index (χ1v) is 11.8. The highest BCUT2D eigenvalue weighted by Crippen LogP contribution is 2.27. The summed E-state index contributed by atoms with van der Waals surface area (Å²) in [6.45, 7) is 5.57. The number of para-hydroxylation sites is 2. The van der Waals surface area contributed by atoms with E-state index in [-0.39, 0.29) is 16.8 Å². The van der Waals surface area contributed by atoms with E-state index in [2.05, 4.69) is 5.16 Å². The second-order valence-electron chi connectivity index (χ2n) is 8.05. The first-order valence-electron chi connectivity index (χ1n) is 10.8. The summed E-state index contributed by atoms with van der Waals surface area (Å²) in [5.41, 5.74) is 3.43. The van der Waals surface area contributed by atoms with Crippen LogP contribution in [0.3, 0.4) is 0 Å². The van der Waals surface area contributed by atoms with Crippen LogP contribution in [0.2, 0.25) is 0 Å². The molecule has 0 atom stereocenters. The SMILES string of the molecule is Cc1noc(C)c1CSc1nc2ccccc2c(=O)n1-c1c(C)n(C)n(-c2ccccc2)c1=O. The molecule has 8 nitrogen and oxygen atoms in total. The molecular weight excluding hydrogens is 450 g/mol. The predicted octanol–water partition coefficient (Wildman–Crippen LogP) is 4.08. The summed E-state index contributed by atoms with van der Waals surface area (Å²) in [5.74, 6) is 1.23. The van der Waals surface area contributed by atoms with Crippen LogP contribution < -0.4 is 11.1 Å². The van der Waals surface area contributed by atoms with E-state index in [1.807, 2.05) is 64.2 Å². The van der Waals surface area contributed by atoms with Gasteiger partial charge in [0.1, 0.15) is 11.4 Å². The van der Waals surface area contributed by atoms with Gasteiger partial charge in [-0.05, 0) is 45.0 Å². The lowest BCUT2D eigenvalue weighted by molar-refractivity contribution is 0.392. The fourth-order valence-corrected chi connectivity index (χ4v) is 5.21. The zero-order valence-electron chi connectivity index (χ0n) is 19.3. The largest absolute Gasteiger partial charge is 0.361 e. The fourth-order valence-electron chi connectivity index (χ4n) is 4.06. The number of fused-ring (bicyclic) bond motifs is 1. The highest BCUT2D eigenvalue weighted by Gasteiger charge is 2.23. The Balaban J connectivity index is 1.75. The van der Waals surface area contributed by atoms with Crippen LogP contribution in [-0.2, 0) is 12.8 Å². The number of rotatable bonds is 5. The molecule has 172 valence electrons. The third-order valence-corrected chi connectivity index (χ3v) is 6.98. The molecule has 0 unspecified atom stereocenters. The minimum atomic E-state index is -0.287. The van der Waals surface area contributed by atoms with Crippen molar-refractivity contribution < 1.29 is 4.52 Å². The summed E-state index contributed by atoms with van der Waals surface area (Å²) in [4.78, 5) is 32.2. The number of hydrogen-bond acceptors (Lipinski definition) is 6. The topological polar surface area (TPSA) is 87.8 Å². The van der Waals surface area contributed by atoms with Crippen LogP contribution >= 0.6 is 11.8 Å². The summed E-state index contributed by atoms with van der Waals surface area (Å²) in [7, 11) is 1.81. The molecule has 3 aromatic heterocycles. The zero-order chi connectivity index (χ0) is 24.0. The molecule has 2 aromatic carbocycles. The first-order chi connectivity index (χ1) is 16.4. The van der Waals surface area contributed by atoms with Crippen LogP contribution in [0.15, 0.2) is 73.9 Å². The van der Waals surface area contributed by atoms with Gasteiger partial charge in [0.25, 0.3) is 11.1 Å². The minimum Gasteiger partial charge on any atom is -0.361 e. The molecule has 9 heteroatoms. The molecule has 0 fully saturated rings. The van der Waals surface area contributed by atoms with Gasteiger partial charge < -0.3 is 4.52 Å². The van der Waals surface area contributed by atoms with Gasteiger partial charge in [-0.2, -0.15) is 0 Å². The minimum absolute atomic E-state index is 0.280. The maximum atomic E-state index is 13.7. The number of thioether (sulfide) groups is 1.